The first-order valence-corrected chi connectivity index (χ1v) is 10.4. The number of hydrogen-bond acceptors (Lipinski definition) is 4. The van der Waals surface area contributed by atoms with Crippen molar-refractivity contribution >= 4 is 26.8 Å². The van der Waals surface area contributed by atoms with E-state index in [1.807, 2.05) is 29.7 Å². The third-order valence-corrected chi connectivity index (χ3v) is 6.05. The van der Waals surface area contributed by atoms with Crippen LogP contribution in [0.15, 0.2) is 27.5 Å². The van der Waals surface area contributed by atoms with Gasteiger partial charge in [0.25, 0.3) is 5.56 Å². The van der Waals surface area contributed by atoms with Crippen LogP contribution in [0, 0.1) is 0 Å². The summed E-state index contributed by atoms with van der Waals surface area (Å²) in [5.41, 5.74) is 0.859. The lowest BCUT2D eigenvalue weighted by molar-refractivity contribution is 0.0631. The highest BCUT2D eigenvalue weighted by Gasteiger charge is 2.30. The summed E-state index contributed by atoms with van der Waals surface area (Å²) >= 11 is 3.47. The van der Waals surface area contributed by atoms with Crippen LogP contribution in [0.5, 0.6) is 0 Å². The third kappa shape index (κ3) is 3.73. The Labute approximate surface area is 164 Å². The van der Waals surface area contributed by atoms with Crippen LogP contribution >= 0.6 is 15.9 Å². The maximum atomic E-state index is 13.1. The highest BCUT2D eigenvalue weighted by molar-refractivity contribution is 9.10. The zero-order valence-electron chi connectivity index (χ0n) is 16.2. The third-order valence-electron chi connectivity index (χ3n) is 5.55. The summed E-state index contributed by atoms with van der Waals surface area (Å²) in [6, 6.07) is 6.49. The Kier molecular flexibility index (Phi) is 6.15. The first-order valence-electron chi connectivity index (χ1n) is 9.60. The Balaban J connectivity index is 2.10. The molecule has 6 heteroatoms. The summed E-state index contributed by atoms with van der Waals surface area (Å²) in [4.78, 5) is 23.0. The van der Waals surface area contributed by atoms with Gasteiger partial charge in [0.1, 0.15) is 5.82 Å². The molecule has 2 atom stereocenters. The second-order valence-electron chi connectivity index (χ2n) is 7.31. The maximum Gasteiger partial charge on any atom is 0.261 e. The maximum absolute atomic E-state index is 13.1. The lowest BCUT2D eigenvalue weighted by Crippen LogP contribution is -2.51. The van der Waals surface area contributed by atoms with Crippen molar-refractivity contribution in [3.63, 3.8) is 0 Å². The molecule has 0 aliphatic carbocycles. The fourth-order valence-corrected chi connectivity index (χ4v) is 4.24. The van der Waals surface area contributed by atoms with Gasteiger partial charge in [-0.1, -0.05) is 29.3 Å². The fraction of sp³-hybridized carbons (Fsp3) is 0.600. The van der Waals surface area contributed by atoms with E-state index < -0.39 is 0 Å². The molecule has 1 aliphatic rings. The number of nitrogens with zero attached hydrogens (tertiary/aromatic N) is 4. The molecule has 0 bridgehead atoms. The summed E-state index contributed by atoms with van der Waals surface area (Å²) in [6.07, 6.45) is 2.09. The van der Waals surface area contributed by atoms with Crippen LogP contribution in [0.3, 0.4) is 0 Å². The van der Waals surface area contributed by atoms with Gasteiger partial charge < -0.3 is 4.90 Å². The fourth-order valence-electron chi connectivity index (χ4n) is 3.88. The van der Waals surface area contributed by atoms with E-state index in [9.17, 15) is 4.79 Å². The Hall–Kier alpha value is -1.24. The van der Waals surface area contributed by atoms with Crippen LogP contribution in [-0.4, -0.2) is 52.1 Å². The highest BCUT2D eigenvalue weighted by Crippen LogP contribution is 2.28. The Bertz CT molecular complexity index is 834. The van der Waals surface area contributed by atoms with Crippen molar-refractivity contribution in [3.05, 3.63) is 38.9 Å². The molecule has 0 unspecified atom stereocenters. The highest BCUT2D eigenvalue weighted by atomic mass is 79.9. The van der Waals surface area contributed by atoms with Crippen molar-refractivity contribution in [1.82, 2.24) is 19.4 Å². The van der Waals surface area contributed by atoms with E-state index in [0.717, 1.165) is 48.3 Å². The number of piperazine rings is 1. The van der Waals surface area contributed by atoms with E-state index in [0.29, 0.717) is 18.0 Å². The molecule has 5 nitrogen and oxygen atoms in total. The van der Waals surface area contributed by atoms with Crippen LogP contribution in [0.25, 0.3) is 10.9 Å². The van der Waals surface area contributed by atoms with Gasteiger partial charge in [0, 0.05) is 36.7 Å². The van der Waals surface area contributed by atoms with Gasteiger partial charge in [-0.25, -0.2) is 4.98 Å². The standard InChI is InChI=1S/C20H29BrN4O/c1-5-7-18(24-11-10-23(4)14(3)13-24)19-22-17-9-8-15(21)12-16(17)20(26)25(19)6-2/h8-9,12,14,18H,5-7,10-11,13H2,1-4H3/t14-,18-/m0/s1. The van der Waals surface area contributed by atoms with Gasteiger partial charge in [-0.15, -0.1) is 0 Å². The molecule has 1 aromatic carbocycles. The van der Waals surface area contributed by atoms with Crippen LogP contribution in [0.2, 0.25) is 0 Å². The van der Waals surface area contributed by atoms with Crippen molar-refractivity contribution in [2.75, 3.05) is 26.7 Å². The molecule has 26 heavy (non-hydrogen) atoms. The Morgan fingerprint density at radius 1 is 1.31 bits per heavy atom. The second-order valence-corrected chi connectivity index (χ2v) is 8.23. The Morgan fingerprint density at radius 3 is 2.73 bits per heavy atom. The number of hydrogen-bond donors (Lipinski definition) is 0. The second kappa shape index (κ2) is 8.19. The molecular weight excluding hydrogens is 392 g/mol. The number of rotatable bonds is 5. The topological polar surface area (TPSA) is 41.4 Å². The van der Waals surface area contributed by atoms with E-state index in [4.69, 9.17) is 4.98 Å². The molecule has 1 fully saturated rings. The SMILES string of the molecule is CCC[C@@H](c1nc2ccc(Br)cc2c(=O)n1CC)N1CCN(C)[C@@H](C)C1. The molecule has 3 rings (SSSR count). The van der Waals surface area contributed by atoms with Gasteiger partial charge in [-0.2, -0.15) is 0 Å². The van der Waals surface area contributed by atoms with Crippen LogP contribution in [0.4, 0.5) is 0 Å². The molecule has 0 radical (unpaired) electrons. The van der Waals surface area contributed by atoms with Crippen molar-refractivity contribution in [2.24, 2.45) is 0 Å². The van der Waals surface area contributed by atoms with E-state index in [-0.39, 0.29) is 11.6 Å². The van der Waals surface area contributed by atoms with Gasteiger partial charge in [0.05, 0.1) is 16.9 Å². The van der Waals surface area contributed by atoms with E-state index >= 15 is 0 Å². The summed E-state index contributed by atoms with van der Waals surface area (Å²) < 4.78 is 2.79. The summed E-state index contributed by atoms with van der Waals surface area (Å²) in [7, 11) is 2.19. The van der Waals surface area contributed by atoms with Gasteiger partial charge in [-0.3, -0.25) is 14.3 Å². The molecule has 1 aromatic heterocycles. The van der Waals surface area contributed by atoms with Crippen molar-refractivity contribution in [2.45, 2.75) is 52.2 Å². The Morgan fingerprint density at radius 2 is 2.08 bits per heavy atom. The normalized spacial score (nSPS) is 20.6. The summed E-state index contributed by atoms with van der Waals surface area (Å²) in [5.74, 6) is 0.922. The smallest absolute Gasteiger partial charge is 0.261 e. The predicted octanol–water partition coefficient (Wildman–Crippen LogP) is 3.66. The zero-order valence-corrected chi connectivity index (χ0v) is 17.8. The molecule has 142 valence electrons. The molecule has 2 heterocycles. The molecule has 0 N–H and O–H groups in total. The minimum absolute atomic E-state index is 0.0667. The van der Waals surface area contributed by atoms with Crippen LogP contribution in [-0.2, 0) is 6.54 Å². The van der Waals surface area contributed by atoms with Gasteiger partial charge >= 0.3 is 0 Å². The first kappa shape index (κ1) is 19.5. The minimum atomic E-state index is 0.0667. The van der Waals surface area contributed by atoms with E-state index in [1.165, 1.54) is 0 Å². The first-order chi connectivity index (χ1) is 12.5. The average molecular weight is 421 g/mol. The molecular formula is C20H29BrN4O. The van der Waals surface area contributed by atoms with E-state index in [1.54, 1.807) is 0 Å². The van der Waals surface area contributed by atoms with Crippen LogP contribution in [0.1, 0.15) is 45.5 Å². The number of halogens is 1. The molecule has 0 spiro atoms. The van der Waals surface area contributed by atoms with Gasteiger partial charge in [0.2, 0.25) is 0 Å². The molecule has 1 saturated heterocycles. The monoisotopic (exact) mass is 420 g/mol. The number of benzene rings is 1. The van der Waals surface area contributed by atoms with Gasteiger partial charge in [0.15, 0.2) is 0 Å². The number of aromatic nitrogens is 2. The largest absolute Gasteiger partial charge is 0.301 e. The van der Waals surface area contributed by atoms with Gasteiger partial charge in [-0.05, 0) is 45.5 Å². The quantitative estimate of drug-likeness (QED) is 0.739. The molecule has 0 saturated carbocycles. The van der Waals surface area contributed by atoms with E-state index in [2.05, 4.69) is 46.6 Å². The lowest BCUT2D eigenvalue weighted by Gasteiger charge is -2.42. The lowest BCUT2D eigenvalue weighted by atomic mass is 10.1. The summed E-state index contributed by atoms with van der Waals surface area (Å²) in [5, 5.41) is 0.687. The minimum Gasteiger partial charge on any atom is -0.301 e. The van der Waals surface area contributed by atoms with Crippen LogP contribution < -0.4 is 5.56 Å². The average Bonchev–Trinajstić information content (AvgIpc) is 2.62. The number of fused-ring (bicyclic) bond motifs is 1. The van der Waals surface area contributed by atoms with Crippen molar-refractivity contribution < 1.29 is 0 Å². The number of likely N-dealkylation sites (N-methyl/N-ethyl adjacent to an activating group) is 1. The van der Waals surface area contributed by atoms with Crippen molar-refractivity contribution in [1.29, 1.82) is 0 Å². The molecule has 0 amide bonds. The molecule has 2 aromatic rings. The summed E-state index contributed by atoms with van der Waals surface area (Å²) in [6.45, 7) is 10.2. The molecule has 1 aliphatic heterocycles. The van der Waals surface area contributed by atoms with Crippen molar-refractivity contribution in [3.8, 4) is 0 Å². The predicted molar refractivity (Wildman–Crippen MR) is 111 cm³/mol. The zero-order chi connectivity index (χ0) is 18.8.